The van der Waals surface area contributed by atoms with Crippen LogP contribution in [-0.4, -0.2) is 33.0 Å². The molecule has 2 aliphatic heterocycles. The summed E-state index contributed by atoms with van der Waals surface area (Å²) in [5.41, 5.74) is 13.2. The first kappa shape index (κ1) is 23.9. The Morgan fingerprint density at radius 1 is 0.634 bits per heavy atom. The molecule has 3 aromatic carbocycles. The fraction of sp³-hybridized carbons (Fsp3) is 0.371. The summed E-state index contributed by atoms with van der Waals surface area (Å²) in [4.78, 5) is 16.8. The van der Waals surface area contributed by atoms with Crippen LogP contribution in [0.4, 0.5) is 0 Å². The molecule has 3 fully saturated rings. The number of fused-ring (bicyclic) bond motifs is 6. The third-order valence-electron chi connectivity index (χ3n) is 10.2. The molecule has 2 bridgehead atoms. The molecule has 2 aliphatic carbocycles. The van der Waals surface area contributed by atoms with Gasteiger partial charge in [-0.25, -0.2) is 9.97 Å². The molecule has 5 aromatic rings. The van der Waals surface area contributed by atoms with Gasteiger partial charge in [0.2, 0.25) is 0 Å². The van der Waals surface area contributed by atoms with Crippen molar-refractivity contribution in [3.05, 3.63) is 83.6 Å². The molecule has 4 atom stereocenters. The summed E-state index contributed by atoms with van der Waals surface area (Å²) < 4.78 is 0. The lowest BCUT2D eigenvalue weighted by molar-refractivity contribution is 0.613. The number of benzene rings is 3. The average molecular weight is 541 g/mol. The van der Waals surface area contributed by atoms with E-state index >= 15 is 0 Å². The van der Waals surface area contributed by atoms with Crippen LogP contribution in [0.1, 0.15) is 91.6 Å². The first-order valence-electron chi connectivity index (χ1n) is 15.6. The second kappa shape index (κ2) is 9.40. The van der Waals surface area contributed by atoms with Gasteiger partial charge >= 0.3 is 0 Å². The van der Waals surface area contributed by atoms with Crippen molar-refractivity contribution in [1.82, 2.24) is 30.6 Å². The maximum atomic E-state index is 4.92. The Hall–Kier alpha value is -3.74. The molecule has 9 rings (SSSR count). The van der Waals surface area contributed by atoms with Crippen LogP contribution in [0.2, 0.25) is 0 Å². The molecule has 6 nitrogen and oxygen atoms in total. The van der Waals surface area contributed by atoms with Gasteiger partial charge in [-0.15, -0.1) is 0 Å². The van der Waals surface area contributed by atoms with Crippen LogP contribution in [-0.2, 0) is 0 Å². The smallest absolute Gasteiger partial charge is 0.124 e. The number of aromatic nitrogens is 4. The van der Waals surface area contributed by atoms with Crippen LogP contribution < -0.4 is 10.6 Å². The van der Waals surface area contributed by atoms with Crippen molar-refractivity contribution in [3.8, 4) is 33.5 Å². The average Bonchev–Trinajstić information content (AvgIpc) is 3.86. The van der Waals surface area contributed by atoms with Crippen LogP contribution >= 0.6 is 0 Å². The van der Waals surface area contributed by atoms with Gasteiger partial charge in [0.05, 0.1) is 35.0 Å². The van der Waals surface area contributed by atoms with Crippen molar-refractivity contribution in [2.24, 2.45) is 0 Å². The zero-order valence-corrected chi connectivity index (χ0v) is 23.3. The monoisotopic (exact) mass is 540 g/mol. The molecule has 2 saturated heterocycles. The van der Waals surface area contributed by atoms with Gasteiger partial charge in [-0.2, -0.15) is 0 Å². The Morgan fingerprint density at radius 2 is 1.29 bits per heavy atom. The second-order valence-electron chi connectivity index (χ2n) is 12.6. The van der Waals surface area contributed by atoms with Gasteiger partial charge in [-0.05, 0) is 121 Å². The largest absolute Gasteiger partial charge is 0.341 e. The Balaban J connectivity index is 1.06. The minimum Gasteiger partial charge on any atom is -0.341 e. The standard InChI is InChI=1S/C35H36N6/c1-3-28(36-15-1)34-38-19-31(41-34)21-7-5-20(6-8-21)25-12-13-26(33-24-10-9-23(17-24)32(25)33)22-11-14-27-30(18-22)40-35(39-27)29-4-2-16-37-29/h5-8,11-14,18-19,23-24,28-29,36-37H,1-4,9-10,15-17H2,(H,38,41)(H,39,40)/t23-,24+,28+,29+/m1/s1. The van der Waals surface area contributed by atoms with Gasteiger partial charge < -0.3 is 20.6 Å². The van der Waals surface area contributed by atoms with Crippen LogP contribution in [0.5, 0.6) is 0 Å². The van der Waals surface area contributed by atoms with E-state index in [1.165, 1.54) is 59.9 Å². The van der Waals surface area contributed by atoms with E-state index in [4.69, 9.17) is 4.98 Å². The highest BCUT2D eigenvalue weighted by atomic mass is 15.0. The first-order valence-corrected chi connectivity index (χ1v) is 15.6. The van der Waals surface area contributed by atoms with E-state index in [1.54, 1.807) is 11.1 Å². The minimum atomic E-state index is 0.358. The van der Waals surface area contributed by atoms with E-state index in [-0.39, 0.29) is 0 Å². The molecule has 4 N–H and O–H groups in total. The lowest BCUT2D eigenvalue weighted by Gasteiger charge is -2.23. The fourth-order valence-electron chi connectivity index (χ4n) is 8.21. The summed E-state index contributed by atoms with van der Waals surface area (Å²) in [5, 5.41) is 7.12. The lowest BCUT2D eigenvalue weighted by Crippen LogP contribution is -2.14. The Kier molecular flexibility index (Phi) is 5.48. The molecule has 2 aromatic heterocycles. The SMILES string of the molecule is c1cc(-c2ccc(-c3ccc4nc([C@@H]5CCCN5)[nH]c4c3)c3c2[C@@H]2CC[C@H]3C2)ccc1-c1cnc([C@@H]2CCCN2)[nH]1. The molecular formula is C35H36N6. The summed E-state index contributed by atoms with van der Waals surface area (Å²) in [6.45, 7) is 2.16. The van der Waals surface area contributed by atoms with Crippen molar-refractivity contribution in [3.63, 3.8) is 0 Å². The maximum Gasteiger partial charge on any atom is 0.124 e. The van der Waals surface area contributed by atoms with Gasteiger partial charge in [0.15, 0.2) is 0 Å². The molecule has 0 amide bonds. The molecule has 41 heavy (non-hydrogen) atoms. The van der Waals surface area contributed by atoms with Crippen molar-refractivity contribution in [1.29, 1.82) is 0 Å². The quantitative estimate of drug-likeness (QED) is 0.186. The molecule has 206 valence electrons. The molecule has 1 saturated carbocycles. The van der Waals surface area contributed by atoms with Gasteiger partial charge in [-0.1, -0.05) is 42.5 Å². The Labute approximate surface area is 240 Å². The van der Waals surface area contributed by atoms with E-state index in [1.807, 2.05) is 6.20 Å². The fourth-order valence-corrected chi connectivity index (χ4v) is 8.21. The molecule has 0 spiro atoms. The van der Waals surface area contributed by atoms with E-state index in [0.717, 1.165) is 54.3 Å². The Morgan fingerprint density at radius 3 is 2.00 bits per heavy atom. The highest BCUT2D eigenvalue weighted by Crippen LogP contribution is 2.58. The van der Waals surface area contributed by atoms with Crippen LogP contribution in [0.25, 0.3) is 44.5 Å². The van der Waals surface area contributed by atoms with Gasteiger partial charge in [0.1, 0.15) is 11.6 Å². The number of aromatic amines is 2. The van der Waals surface area contributed by atoms with Gasteiger partial charge in [0, 0.05) is 0 Å². The highest BCUT2D eigenvalue weighted by Gasteiger charge is 2.40. The first-order chi connectivity index (χ1) is 20.3. The number of nitrogens with zero attached hydrogens (tertiary/aromatic N) is 2. The molecule has 6 heteroatoms. The third kappa shape index (κ3) is 3.92. The van der Waals surface area contributed by atoms with E-state index in [0.29, 0.717) is 23.9 Å². The predicted molar refractivity (Wildman–Crippen MR) is 164 cm³/mol. The van der Waals surface area contributed by atoms with Crippen molar-refractivity contribution < 1.29 is 0 Å². The van der Waals surface area contributed by atoms with Gasteiger partial charge in [-0.3, -0.25) is 0 Å². The topological polar surface area (TPSA) is 81.4 Å². The molecular weight excluding hydrogens is 504 g/mol. The number of imidazole rings is 2. The number of H-pyrrole nitrogens is 2. The lowest BCUT2D eigenvalue weighted by atomic mass is 9.81. The summed E-state index contributed by atoms with van der Waals surface area (Å²) in [6, 6.07) is 21.4. The van der Waals surface area contributed by atoms with Crippen molar-refractivity contribution >= 4 is 11.0 Å². The van der Waals surface area contributed by atoms with Crippen LogP contribution in [0, 0.1) is 0 Å². The van der Waals surface area contributed by atoms with Crippen LogP contribution in [0.3, 0.4) is 0 Å². The summed E-state index contributed by atoms with van der Waals surface area (Å²) in [5.74, 6) is 3.49. The molecule has 4 aliphatic rings. The Bertz CT molecular complexity index is 1750. The number of nitrogens with one attached hydrogen (secondary N) is 4. The van der Waals surface area contributed by atoms with Crippen molar-refractivity contribution in [2.75, 3.05) is 13.1 Å². The third-order valence-corrected chi connectivity index (χ3v) is 10.2. The summed E-state index contributed by atoms with van der Waals surface area (Å²) in [6.07, 6.45) is 10.7. The van der Waals surface area contributed by atoms with Crippen molar-refractivity contribution in [2.45, 2.75) is 68.9 Å². The molecule has 0 radical (unpaired) electrons. The zero-order valence-electron chi connectivity index (χ0n) is 23.3. The number of rotatable bonds is 5. The van der Waals surface area contributed by atoms with Gasteiger partial charge in [0.25, 0.3) is 0 Å². The summed E-state index contributed by atoms with van der Waals surface area (Å²) in [7, 11) is 0. The minimum absolute atomic E-state index is 0.358. The predicted octanol–water partition coefficient (Wildman–Crippen LogP) is 7.50. The maximum absolute atomic E-state index is 4.92. The van der Waals surface area contributed by atoms with E-state index in [2.05, 4.69) is 80.2 Å². The van der Waals surface area contributed by atoms with E-state index in [9.17, 15) is 0 Å². The molecule has 0 unspecified atom stereocenters. The van der Waals surface area contributed by atoms with E-state index < -0.39 is 0 Å². The second-order valence-corrected chi connectivity index (χ2v) is 12.6. The zero-order chi connectivity index (χ0) is 26.9. The normalized spacial score (nSPS) is 25.0. The molecule has 4 heterocycles. The number of hydrogen-bond donors (Lipinski definition) is 4. The van der Waals surface area contributed by atoms with Crippen LogP contribution in [0.15, 0.2) is 60.8 Å². The number of hydrogen-bond acceptors (Lipinski definition) is 4. The summed E-state index contributed by atoms with van der Waals surface area (Å²) >= 11 is 0. The highest BCUT2D eigenvalue weighted by molar-refractivity contribution is 5.86.